The van der Waals surface area contributed by atoms with E-state index in [2.05, 4.69) is 33.3 Å². The molecule has 0 aliphatic carbocycles. The normalized spacial score (nSPS) is 10.6. The molecule has 1 heterocycles. The van der Waals surface area contributed by atoms with E-state index in [1.165, 1.54) is 5.69 Å². The highest BCUT2D eigenvalue weighted by atomic mass is 79.9. The summed E-state index contributed by atoms with van der Waals surface area (Å²) in [6, 6.07) is 8.12. The Hall–Kier alpha value is -1.33. The molecule has 0 saturated heterocycles. The zero-order valence-corrected chi connectivity index (χ0v) is 11.9. The van der Waals surface area contributed by atoms with Gasteiger partial charge in [0.25, 0.3) is 0 Å². The number of nitrogens with zero attached hydrogens (tertiary/aromatic N) is 2. The van der Waals surface area contributed by atoms with Gasteiger partial charge in [0.1, 0.15) is 0 Å². The first-order chi connectivity index (χ1) is 8.76. The first-order valence-electron chi connectivity index (χ1n) is 6.03. The average molecular weight is 309 g/mol. The van der Waals surface area contributed by atoms with E-state index in [1.807, 2.05) is 35.1 Å². The van der Waals surface area contributed by atoms with Crippen LogP contribution in [-0.4, -0.2) is 22.9 Å². The van der Waals surface area contributed by atoms with Gasteiger partial charge in [0.05, 0.1) is 23.3 Å². The van der Waals surface area contributed by atoms with Crippen LogP contribution >= 0.6 is 15.9 Å². The van der Waals surface area contributed by atoms with Gasteiger partial charge in [-0.15, -0.1) is 0 Å². The van der Waals surface area contributed by atoms with Crippen LogP contribution in [0.15, 0.2) is 34.9 Å². The molecule has 18 heavy (non-hydrogen) atoms. The molecule has 0 aliphatic heterocycles. The number of hydrogen-bond donors (Lipinski definition) is 2. The van der Waals surface area contributed by atoms with Gasteiger partial charge in [0.2, 0.25) is 0 Å². The first kappa shape index (κ1) is 13.1. The van der Waals surface area contributed by atoms with Crippen molar-refractivity contribution in [3.63, 3.8) is 0 Å². The van der Waals surface area contributed by atoms with E-state index in [4.69, 9.17) is 5.73 Å². The third kappa shape index (κ3) is 2.73. The average Bonchev–Trinajstić information content (AvgIpc) is 2.80. The van der Waals surface area contributed by atoms with E-state index in [0.29, 0.717) is 6.54 Å². The van der Waals surface area contributed by atoms with Crippen LogP contribution in [0, 0.1) is 0 Å². The molecule has 2 rings (SSSR count). The summed E-state index contributed by atoms with van der Waals surface area (Å²) in [7, 11) is 0. The number of halogens is 1. The van der Waals surface area contributed by atoms with Crippen molar-refractivity contribution in [3.05, 3.63) is 40.6 Å². The quantitative estimate of drug-likeness (QED) is 0.892. The molecule has 0 radical (unpaired) electrons. The minimum absolute atomic E-state index is 0.618. The predicted octanol–water partition coefficient (Wildman–Crippen LogP) is 2.57. The smallest absolute Gasteiger partial charge is 0.0764 e. The molecule has 5 heteroatoms. The molecule has 1 aromatic carbocycles. The lowest BCUT2D eigenvalue weighted by atomic mass is 10.2. The van der Waals surface area contributed by atoms with E-state index in [1.54, 1.807) is 0 Å². The minimum Gasteiger partial charge on any atom is -0.381 e. The molecule has 0 saturated carbocycles. The maximum atomic E-state index is 5.51. The van der Waals surface area contributed by atoms with Gasteiger partial charge in [-0.05, 0) is 30.7 Å². The zero-order valence-electron chi connectivity index (χ0n) is 10.4. The van der Waals surface area contributed by atoms with Crippen molar-refractivity contribution < 1.29 is 0 Å². The van der Waals surface area contributed by atoms with Crippen molar-refractivity contribution in [2.75, 3.05) is 18.4 Å². The van der Waals surface area contributed by atoms with Crippen LogP contribution in [0.2, 0.25) is 0 Å². The Balaban J connectivity index is 2.33. The Kier molecular flexibility index (Phi) is 4.38. The van der Waals surface area contributed by atoms with Gasteiger partial charge in [-0.2, -0.15) is 5.10 Å². The monoisotopic (exact) mass is 308 g/mol. The van der Waals surface area contributed by atoms with Crippen molar-refractivity contribution >= 4 is 21.6 Å². The topological polar surface area (TPSA) is 55.9 Å². The van der Waals surface area contributed by atoms with Gasteiger partial charge in [-0.25, -0.2) is 4.68 Å². The fourth-order valence-electron chi connectivity index (χ4n) is 1.87. The molecular formula is C13H17BrN4. The van der Waals surface area contributed by atoms with Crippen LogP contribution < -0.4 is 11.1 Å². The second kappa shape index (κ2) is 6.02. The first-order valence-corrected chi connectivity index (χ1v) is 6.82. The van der Waals surface area contributed by atoms with E-state index < -0.39 is 0 Å². The molecule has 4 nitrogen and oxygen atoms in total. The Morgan fingerprint density at radius 1 is 1.33 bits per heavy atom. The highest BCUT2D eigenvalue weighted by molar-refractivity contribution is 9.10. The number of nitrogens with two attached hydrogens (primary N) is 1. The van der Waals surface area contributed by atoms with Crippen LogP contribution in [0.25, 0.3) is 5.69 Å². The van der Waals surface area contributed by atoms with Crippen LogP contribution in [-0.2, 0) is 6.42 Å². The molecule has 1 aromatic heterocycles. The van der Waals surface area contributed by atoms with E-state index in [-0.39, 0.29) is 0 Å². The number of nitrogens with one attached hydrogen (secondary N) is 1. The summed E-state index contributed by atoms with van der Waals surface area (Å²) >= 11 is 3.44. The molecular weight excluding hydrogens is 292 g/mol. The van der Waals surface area contributed by atoms with E-state index >= 15 is 0 Å². The van der Waals surface area contributed by atoms with Crippen LogP contribution in [0.1, 0.15) is 12.6 Å². The molecule has 0 fully saturated rings. The van der Waals surface area contributed by atoms with E-state index in [9.17, 15) is 0 Å². The van der Waals surface area contributed by atoms with Gasteiger partial charge < -0.3 is 11.1 Å². The Bertz CT molecular complexity index is 504. The van der Waals surface area contributed by atoms with Gasteiger partial charge in [-0.3, -0.25) is 0 Å². The van der Waals surface area contributed by atoms with E-state index in [0.717, 1.165) is 28.8 Å². The highest BCUT2D eigenvalue weighted by Gasteiger charge is 2.09. The molecule has 0 aliphatic rings. The maximum absolute atomic E-state index is 5.51. The highest BCUT2D eigenvalue weighted by Crippen LogP contribution is 2.21. The zero-order chi connectivity index (χ0) is 13.0. The Morgan fingerprint density at radius 2 is 2.06 bits per heavy atom. The molecule has 96 valence electrons. The van der Waals surface area contributed by atoms with Crippen molar-refractivity contribution in [3.8, 4) is 5.69 Å². The second-order valence-corrected chi connectivity index (χ2v) is 4.88. The van der Waals surface area contributed by atoms with Gasteiger partial charge >= 0.3 is 0 Å². The number of rotatable bonds is 5. The van der Waals surface area contributed by atoms with Crippen molar-refractivity contribution in [2.24, 2.45) is 5.73 Å². The molecule has 0 spiro atoms. The number of benzene rings is 1. The molecule has 3 N–H and O–H groups in total. The van der Waals surface area contributed by atoms with Crippen LogP contribution in [0.5, 0.6) is 0 Å². The van der Waals surface area contributed by atoms with Gasteiger partial charge in [0.15, 0.2) is 0 Å². The predicted molar refractivity (Wildman–Crippen MR) is 78.2 cm³/mol. The Morgan fingerprint density at radius 3 is 2.67 bits per heavy atom. The van der Waals surface area contributed by atoms with Gasteiger partial charge in [0, 0.05) is 17.6 Å². The third-order valence-electron chi connectivity index (χ3n) is 2.73. The summed E-state index contributed by atoms with van der Waals surface area (Å²) in [6.45, 7) is 3.51. The summed E-state index contributed by atoms with van der Waals surface area (Å²) in [5.41, 5.74) is 8.81. The fourth-order valence-corrected chi connectivity index (χ4v) is 2.14. The molecule has 0 bridgehead atoms. The number of anilines is 1. The molecule has 2 aromatic rings. The lowest BCUT2D eigenvalue weighted by Crippen LogP contribution is -2.14. The number of hydrogen-bond acceptors (Lipinski definition) is 3. The lowest BCUT2D eigenvalue weighted by Gasteiger charge is -2.09. The maximum Gasteiger partial charge on any atom is 0.0764 e. The Labute approximate surface area is 115 Å². The minimum atomic E-state index is 0.618. The van der Waals surface area contributed by atoms with Crippen molar-refractivity contribution in [1.82, 2.24) is 9.78 Å². The van der Waals surface area contributed by atoms with Gasteiger partial charge in [-0.1, -0.05) is 22.9 Å². The molecule has 0 atom stereocenters. The summed E-state index contributed by atoms with van der Waals surface area (Å²) in [5, 5.41) is 7.74. The fraction of sp³-hybridized carbons (Fsp3) is 0.308. The SMILES string of the molecule is CCc1c(NCCN)cnn1-c1ccc(Br)cc1. The summed E-state index contributed by atoms with van der Waals surface area (Å²) in [6.07, 6.45) is 2.78. The third-order valence-corrected chi connectivity index (χ3v) is 3.26. The number of aromatic nitrogens is 2. The van der Waals surface area contributed by atoms with Crippen molar-refractivity contribution in [2.45, 2.75) is 13.3 Å². The standard InChI is InChI=1S/C13H17BrN4/c1-2-13-12(16-8-7-15)9-17-18(13)11-5-3-10(14)4-6-11/h3-6,9,16H,2,7-8,15H2,1H3. The van der Waals surface area contributed by atoms with Crippen molar-refractivity contribution in [1.29, 1.82) is 0 Å². The van der Waals surface area contributed by atoms with Crippen LogP contribution in [0.4, 0.5) is 5.69 Å². The summed E-state index contributed by atoms with van der Waals surface area (Å²) < 4.78 is 3.03. The summed E-state index contributed by atoms with van der Waals surface area (Å²) in [5.74, 6) is 0. The molecule has 0 amide bonds. The summed E-state index contributed by atoms with van der Waals surface area (Å²) in [4.78, 5) is 0. The second-order valence-electron chi connectivity index (χ2n) is 3.96. The lowest BCUT2D eigenvalue weighted by molar-refractivity contribution is 0.814. The molecule has 0 unspecified atom stereocenters. The van der Waals surface area contributed by atoms with Crippen LogP contribution in [0.3, 0.4) is 0 Å². The largest absolute Gasteiger partial charge is 0.381 e.